The first-order chi connectivity index (χ1) is 8.41. The summed E-state index contributed by atoms with van der Waals surface area (Å²) in [5, 5.41) is 13.6. The van der Waals surface area contributed by atoms with Crippen LogP contribution in [-0.4, -0.2) is 17.3 Å². The van der Waals surface area contributed by atoms with E-state index < -0.39 is 11.4 Å². The molecule has 0 spiro atoms. The molecule has 1 aromatic carbocycles. The van der Waals surface area contributed by atoms with Crippen molar-refractivity contribution in [3.05, 3.63) is 33.6 Å². The topological polar surface area (TPSA) is 32.3 Å². The van der Waals surface area contributed by atoms with E-state index in [0.29, 0.717) is 17.1 Å². The minimum Gasteiger partial charge on any atom is -0.389 e. The lowest BCUT2D eigenvalue weighted by atomic mass is 9.80. The summed E-state index contributed by atoms with van der Waals surface area (Å²) in [5.41, 5.74) is 0.0487. The first kappa shape index (κ1) is 14.1. The number of halogens is 3. The molecule has 0 heterocycles. The zero-order valence-electron chi connectivity index (χ0n) is 10.1. The van der Waals surface area contributed by atoms with Gasteiger partial charge in [0.05, 0.1) is 10.6 Å². The van der Waals surface area contributed by atoms with Gasteiger partial charge in [-0.25, -0.2) is 4.39 Å². The van der Waals surface area contributed by atoms with Crippen molar-refractivity contribution < 1.29 is 9.50 Å². The van der Waals surface area contributed by atoms with Crippen molar-refractivity contribution in [2.45, 2.75) is 37.8 Å². The van der Waals surface area contributed by atoms with Crippen LogP contribution in [0, 0.1) is 5.82 Å². The Labute approximate surface area is 116 Å². The van der Waals surface area contributed by atoms with E-state index in [0.717, 1.165) is 19.3 Å². The molecular weight excluding hydrogens is 276 g/mol. The van der Waals surface area contributed by atoms with Crippen molar-refractivity contribution in [3.63, 3.8) is 0 Å². The van der Waals surface area contributed by atoms with Gasteiger partial charge in [0, 0.05) is 17.6 Å². The summed E-state index contributed by atoms with van der Waals surface area (Å²) in [5.74, 6) is -0.480. The van der Waals surface area contributed by atoms with Gasteiger partial charge in [-0.15, -0.1) is 0 Å². The van der Waals surface area contributed by atoms with Gasteiger partial charge < -0.3 is 10.4 Å². The molecule has 1 atom stereocenters. The number of hydrogen-bond acceptors (Lipinski definition) is 2. The number of benzene rings is 1. The number of aliphatic hydroxyl groups is 1. The van der Waals surface area contributed by atoms with Crippen LogP contribution in [0.3, 0.4) is 0 Å². The Morgan fingerprint density at radius 1 is 1.39 bits per heavy atom. The average molecular weight is 292 g/mol. The lowest BCUT2D eigenvalue weighted by Gasteiger charge is -2.37. The van der Waals surface area contributed by atoms with Crippen LogP contribution in [0.4, 0.5) is 4.39 Å². The Morgan fingerprint density at radius 2 is 2.06 bits per heavy atom. The van der Waals surface area contributed by atoms with E-state index in [1.54, 1.807) is 0 Å². The zero-order chi connectivity index (χ0) is 13.3. The molecule has 0 amide bonds. The Bertz CT molecular complexity index is 449. The molecule has 1 fully saturated rings. The molecule has 0 aliphatic heterocycles. The molecule has 1 aliphatic rings. The van der Waals surface area contributed by atoms with Gasteiger partial charge in [-0.1, -0.05) is 23.2 Å². The Kier molecular flexibility index (Phi) is 4.17. The molecule has 18 heavy (non-hydrogen) atoms. The second kappa shape index (κ2) is 5.33. The van der Waals surface area contributed by atoms with Crippen LogP contribution in [-0.2, 0) is 0 Å². The SMILES string of the molecule is CC(NCC1(O)CCC1)c1cc(F)c(Cl)cc1Cl. The molecule has 5 heteroatoms. The monoisotopic (exact) mass is 291 g/mol. The molecule has 0 aromatic heterocycles. The Morgan fingerprint density at radius 3 is 2.61 bits per heavy atom. The smallest absolute Gasteiger partial charge is 0.142 e. The van der Waals surface area contributed by atoms with Crippen LogP contribution in [0.2, 0.25) is 10.0 Å². The number of hydrogen-bond donors (Lipinski definition) is 2. The predicted octanol–water partition coefficient (Wildman–Crippen LogP) is 3.70. The van der Waals surface area contributed by atoms with Crippen LogP contribution in [0.15, 0.2) is 12.1 Å². The van der Waals surface area contributed by atoms with Crippen molar-refractivity contribution in [2.75, 3.05) is 6.54 Å². The third-order valence-corrected chi connectivity index (χ3v) is 4.14. The van der Waals surface area contributed by atoms with E-state index in [1.165, 1.54) is 12.1 Å². The van der Waals surface area contributed by atoms with Crippen molar-refractivity contribution in [1.82, 2.24) is 5.32 Å². The summed E-state index contributed by atoms with van der Waals surface area (Å²) in [4.78, 5) is 0. The largest absolute Gasteiger partial charge is 0.389 e. The van der Waals surface area contributed by atoms with Gasteiger partial charge in [-0.05, 0) is 43.9 Å². The average Bonchev–Trinajstić information content (AvgIpc) is 2.28. The van der Waals surface area contributed by atoms with Gasteiger partial charge in [-0.2, -0.15) is 0 Å². The van der Waals surface area contributed by atoms with Gasteiger partial charge >= 0.3 is 0 Å². The molecule has 1 aliphatic carbocycles. The number of nitrogens with one attached hydrogen (secondary N) is 1. The van der Waals surface area contributed by atoms with Crippen molar-refractivity contribution in [2.24, 2.45) is 0 Å². The summed E-state index contributed by atoms with van der Waals surface area (Å²) in [6.45, 7) is 2.38. The van der Waals surface area contributed by atoms with Crippen LogP contribution in [0.25, 0.3) is 0 Å². The first-order valence-electron chi connectivity index (χ1n) is 6.01. The van der Waals surface area contributed by atoms with Gasteiger partial charge in [0.15, 0.2) is 0 Å². The standard InChI is InChI=1S/C13H16Cl2FNO/c1-8(17-7-13(18)3-2-4-13)9-5-12(16)11(15)6-10(9)14/h5-6,8,17-18H,2-4,7H2,1H3. The number of rotatable bonds is 4. The molecule has 1 unspecified atom stereocenters. The molecule has 100 valence electrons. The summed E-state index contributed by atoms with van der Waals surface area (Å²) < 4.78 is 13.4. The Balaban J connectivity index is 2.04. The normalized spacial score (nSPS) is 19.4. The van der Waals surface area contributed by atoms with Crippen LogP contribution >= 0.6 is 23.2 Å². The second-order valence-electron chi connectivity index (χ2n) is 4.97. The fourth-order valence-corrected chi connectivity index (χ4v) is 2.63. The van der Waals surface area contributed by atoms with Gasteiger partial charge in [-0.3, -0.25) is 0 Å². The van der Waals surface area contributed by atoms with Crippen LogP contribution < -0.4 is 5.32 Å². The van der Waals surface area contributed by atoms with Crippen molar-refractivity contribution in [3.8, 4) is 0 Å². The maximum absolute atomic E-state index is 13.4. The quantitative estimate of drug-likeness (QED) is 0.829. The third-order valence-electron chi connectivity index (χ3n) is 3.53. The van der Waals surface area contributed by atoms with E-state index >= 15 is 0 Å². The van der Waals surface area contributed by atoms with Crippen molar-refractivity contribution in [1.29, 1.82) is 0 Å². The molecule has 0 radical (unpaired) electrons. The Hall–Kier alpha value is -0.350. The first-order valence-corrected chi connectivity index (χ1v) is 6.77. The van der Waals surface area contributed by atoms with Gasteiger partial charge in [0.2, 0.25) is 0 Å². The minimum atomic E-state index is -0.605. The summed E-state index contributed by atoms with van der Waals surface area (Å²) in [6, 6.07) is 2.62. The predicted molar refractivity (Wildman–Crippen MR) is 71.6 cm³/mol. The summed E-state index contributed by atoms with van der Waals surface area (Å²) in [6.07, 6.45) is 2.69. The lowest BCUT2D eigenvalue weighted by Crippen LogP contribution is -2.46. The molecule has 1 aromatic rings. The highest BCUT2D eigenvalue weighted by molar-refractivity contribution is 6.35. The van der Waals surface area contributed by atoms with Gasteiger partial charge in [0.25, 0.3) is 0 Å². The van der Waals surface area contributed by atoms with E-state index in [4.69, 9.17) is 23.2 Å². The van der Waals surface area contributed by atoms with Crippen LogP contribution in [0.5, 0.6) is 0 Å². The third kappa shape index (κ3) is 2.97. The minimum absolute atomic E-state index is 0.0218. The van der Waals surface area contributed by atoms with Crippen molar-refractivity contribution >= 4 is 23.2 Å². The zero-order valence-corrected chi connectivity index (χ0v) is 11.7. The highest BCUT2D eigenvalue weighted by Gasteiger charge is 2.34. The highest BCUT2D eigenvalue weighted by atomic mass is 35.5. The molecule has 0 bridgehead atoms. The van der Waals surface area contributed by atoms with E-state index in [9.17, 15) is 9.50 Å². The summed E-state index contributed by atoms with van der Waals surface area (Å²) in [7, 11) is 0. The molecule has 2 nitrogen and oxygen atoms in total. The van der Waals surface area contributed by atoms with Crippen LogP contribution in [0.1, 0.15) is 37.8 Å². The molecular formula is C13H16Cl2FNO. The second-order valence-corrected chi connectivity index (χ2v) is 5.78. The fraction of sp³-hybridized carbons (Fsp3) is 0.538. The van der Waals surface area contributed by atoms with Gasteiger partial charge in [0.1, 0.15) is 5.82 Å². The molecule has 2 N–H and O–H groups in total. The fourth-order valence-electron chi connectivity index (χ4n) is 2.08. The summed E-state index contributed by atoms with van der Waals surface area (Å²) >= 11 is 11.7. The lowest BCUT2D eigenvalue weighted by molar-refractivity contribution is -0.0329. The van der Waals surface area contributed by atoms with E-state index in [2.05, 4.69) is 5.32 Å². The molecule has 1 saturated carbocycles. The van der Waals surface area contributed by atoms with E-state index in [-0.39, 0.29) is 11.1 Å². The molecule has 0 saturated heterocycles. The molecule has 2 rings (SSSR count). The highest BCUT2D eigenvalue weighted by Crippen LogP contribution is 2.32. The maximum atomic E-state index is 13.4. The maximum Gasteiger partial charge on any atom is 0.142 e. The van der Waals surface area contributed by atoms with E-state index in [1.807, 2.05) is 6.92 Å².